The van der Waals surface area contributed by atoms with Gasteiger partial charge in [-0.1, -0.05) is 11.6 Å². The van der Waals surface area contributed by atoms with Crippen molar-refractivity contribution < 1.29 is 0 Å². The van der Waals surface area contributed by atoms with E-state index in [1.165, 1.54) is 0 Å². The first-order valence-corrected chi connectivity index (χ1v) is 6.26. The quantitative estimate of drug-likeness (QED) is 0.825. The smallest absolute Gasteiger partial charge is 0.245 e. The third kappa shape index (κ3) is 3.82. The highest BCUT2D eigenvalue weighted by molar-refractivity contribution is 6.32. The molecule has 0 spiro atoms. The van der Waals surface area contributed by atoms with Gasteiger partial charge in [0.2, 0.25) is 5.28 Å². The average molecular weight is 287 g/mol. The SMILES string of the molecule is Clc1nnc(Cl)c(NCCCCn2ccnc2)n1. The first-order valence-electron chi connectivity index (χ1n) is 5.51. The van der Waals surface area contributed by atoms with Crippen molar-refractivity contribution >= 4 is 29.0 Å². The number of aryl methyl sites for hydroxylation is 1. The van der Waals surface area contributed by atoms with Gasteiger partial charge in [0.25, 0.3) is 0 Å². The van der Waals surface area contributed by atoms with Gasteiger partial charge in [0, 0.05) is 25.5 Å². The van der Waals surface area contributed by atoms with Gasteiger partial charge < -0.3 is 9.88 Å². The molecule has 0 aromatic carbocycles. The van der Waals surface area contributed by atoms with Crippen LogP contribution in [0.4, 0.5) is 5.82 Å². The summed E-state index contributed by atoms with van der Waals surface area (Å²) in [6.07, 6.45) is 7.53. The van der Waals surface area contributed by atoms with Gasteiger partial charge >= 0.3 is 0 Å². The zero-order valence-corrected chi connectivity index (χ0v) is 11.1. The molecule has 2 aromatic heterocycles. The summed E-state index contributed by atoms with van der Waals surface area (Å²) in [6, 6.07) is 0. The van der Waals surface area contributed by atoms with Gasteiger partial charge in [0.1, 0.15) is 0 Å². The molecule has 2 aromatic rings. The molecule has 0 saturated carbocycles. The topological polar surface area (TPSA) is 68.5 Å². The van der Waals surface area contributed by atoms with E-state index in [9.17, 15) is 0 Å². The largest absolute Gasteiger partial charge is 0.367 e. The maximum atomic E-state index is 5.82. The number of unbranched alkanes of at least 4 members (excludes halogenated alkanes) is 1. The van der Waals surface area contributed by atoms with Crippen molar-refractivity contribution in [2.75, 3.05) is 11.9 Å². The van der Waals surface area contributed by atoms with Crippen LogP contribution in [0.2, 0.25) is 10.4 Å². The van der Waals surface area contributed by atoms with Crippen molar-refractivity contribution in [1.29, 1.82) is 0 Å². The number of hydrogen-bond donors (Lipinski definition) is 1. The Morgan fingerprint density at radius 3 is 2.89 bits per heavy atom. The second-order valence-electron chi connectivity index (χ2n) is 3.65. The summed E-state index contributed by atoms with van der Waals surface area (Å²) < 4.78 is 2.04. The van der Waals surface area contributed by atoms with Gasteiger partial charge in [0.15, 0.2) is 11.0 Å². The zero-order valence-electron chi connectivity index (χ0n) is 9.55. The Morgan fingerprint density at radius 1 is 1.22 bits per heavy atom. The van der Waals surface area contributed by atoms with E-state index >= 15 is 0 Å². The number of halogens is 2. The van der Waals surface area contributed by atoms with Gasteiger partial charge in [-0.25, -0.2) is 4.98 Å². The molecule has 0 aliphatic carbocycles. The zero-order chi connectivity index (χ0) is 12.8. The molecule has 1 N–H and O–H groups in total. The molecule has 0 aliphatic heterocycles. The van der Waals surface area contributed by atoms with Gasteiger partial charge in [-0.3, -0.25) is 0 Å². The van der Waals surface area contributed by atoms with Crippen molar-refractivity contribution in [3.63, 3.8) is 0 Å². The average Bonchev–Trinajstić information content (AvgIpc) is 2.86. The van der Waals surface area contributed by atoms with E-state index in [1.807, 2.05) is 10.8 Å². The number of aromatic nitrogens is 5. The van der Waals surface area contributed by atoms with Crippen LogP contribution in [0.15, 0.2) is 18.7 Å². The number of rotatable bonds is 6. The fourth-order valence-corrected chi connectivity index (χ4v) is 1.72. The maximum Gasteiger partial charge on any atom is 0.245 e. The fraction of sp³-hybridized carbons (Fsp3) is 0.400. The monoisotopic (exact) mass is 286 g/mol. The molecular weight excluding hydrogens is 275 g/mol. The Hall–Kier alpha value is -1.40. The highest BCUT2D eigenvalue weighted by Gasteiger charge is 2.04. The molecule has 96 valence electrons. The molecule has 0 bridgehead atoms. The molecule has 0 amide bonds. The third-order valence-electron chi connectivity index (χ3n) is 2.31. The summed E-state index contributed by atoms with van der Waals surface area (Å²) in [5, 5.41) is 10.6. The van der Waals surface area contributed by atoms with Crippen LogP contribution in [0.5, 0.6) is 0 Å². The van der Waals surface area contributed by atoms with Gasteiger partial charge in [-0.05, 0) is 24.4 Å². The number of nitrogens with zero attached hydrogens (tertiary/aromatic N) is 5. The lowest BCUT2D eigenvalue weighted by Gasteiger charge is -2.06. The molecule has 8 heteroatoms. The van der Waals surface area contributed by atoms with E-state index in [0.717, 1.165) is 25.9 Å². The third-order valence-corrected chi connectivity index (χ3v) is 2.73. The molecule has 6 nitrogen and oxygen atoms in total. The van der Waals surface area contributed by atoms with Gasteiger partial charge in [0.05, 0.1) is 6.33 Å². The summed E-state index contributed by atoms with van der Waals surface area (Å²) in [4.78, 5) is 7.93. The lowest BCUT2D eigenvalue weighted by atomic mass is 10.3. The molecule has 0 unspecified atom stereocenters. The Bertz CT molecular complexity index is 487. The molecule has 18 heavy (non-hydrogen) atoms. The van der Waals surface area contributed by atoms with Crippen molar-refractivity contribution in [1.82, 2.24) is 24.7 Å². The Kier molecular flexibility index (Phi) is 4.72. The molecular formula is C10H12Cl2N6. The Morgan fingerprint density at radius 2 is 2.11 bits per heavy atom. The number of hydrogen-bond acceptors (Lipinski definition) is 5. The normalized spacial score (nSPS) is 10.6. The van der Waals surface area contributed by atoms with E-state index in [1.54, 1.807) is 12.5 Å². The minimum atomic E-state index is 0.0836. The molecule has 2 rings (SSSR count). The summed E-state index contributed by atoms with van der Waals surface area (Å²) in [6.45, 7) is 1.70. The van der Waals surface area contributed by atoms with E-state index in [2.05, 4.69) is 25.5 Å². The van der Waals surface area contributed by atoms with Crippen LogP contribution in [-0.2, 0) is 6.54 Å². The first kappa shape index (κ1) is 13.0. The van der Waals surface area contributed by atoms with Gasteiger partial charge in [-0.2, -0.15) is 4.98 Å². The van der Waals surface area contributed by atoms with Crippen molar-refractivity contribution in [3.05, 3.63) is 29.2 Å². The second-order valence-corrected chi connectivity index (χ2v) is 4.35. The number of nitrogens with one attached hydrogen (secondary N) is 1. The molecule has 0 saturated heterocycles. The van der Waals surface area contributed by atoms with E-state index in [-0.39, 0.29) is 10.4 Å². The van der Waals surface area contributed by atoms with Crippen LogP contribution >= 0.6 is 23.2 Å². The van der Waals surface area contributed by atoms with Crippen LogP contribution in [0, 0.1) is 0 Å². The van der Waals surface area contributed by atoms with Crippen molar-refractivity contribution in [2.45, 2.75) is 19.4 Å². The van der Waals surface area contributed by atoms with Crippen LogP contribution < -0.4 is 5.32 Å². The lowest BCUT2D eigenvalue weighted by Crippen LogP contribution is -2.07. The maximum absolute atomic E-state index is 5.82. The van der Waals surface area contributed by atoms with Crippen LogP contribution in [0.3, 0.4) is 0 Å². The predicted octanol–water partition coefficient (Wildman–Crippen LogP) is 2.27. The minimum absolute atomic E-state index is 0.0836. The second kappa shape index (κ2) is 6.51. The highest BCUT2D eigenvalue weighted by atomic mass is 35.5. The van der Waals surface area contributed by atoms with Crippen LogP contribution in [0.25, 0.3) is 0 Å². The summed E-state index contributed by atoms with van der Waals surface area (Å²) in [7, 11) is 0. The lowest BCUT2D eigenvalue weighted by molar-refractivity contribution is 0.620. The van der Waals surface area contributed by atoms with Crippen LogP contribution in [-0.4, -0.2) is 31.3 Å². The van der Waals surface area contributed by atoms with Crippen LogP contribution in [0.1, 0.15) is 12.8 Å². The molecule has 0 atom stereocenters. The predicted molar refractivity (Wildman–Crippen MR) is 69.8 cm³/mol. The van der Waals surface area contributed by atoms with E-state index in [4.69, 9.17) is 23.2 Å². The summed E-state index contributed by atoms with van der Waals surface area (Å²) in [5.41, 5.74) is 0. The first-order chi connectivity index (χ1) is 8.75. The molecule has 2 heterocycles. The van der Waals surface area contributed by atoms with E-state index in [0.29, 0.717) is 5.82 Å². The van der Waals surface area contributed by atoms with Crippen molar-refractivity contribution in [3.8, 4) is 0 Å². The summed E-state index contributed by atoms with van der Waals surface area (Å²) in [5.74, 6) is 0.472. The minimum Gasteiger partial charge on any atom is -0.367 e. The Labute approximate surface area is 114 Å². The number of imidazole rings is 1. The van der Waals surface area contributed by atoms with Crippen molar-refractivity contribution in [2.24, 2.45) is 0 Å². The Balaban J connectivity index is 1.70. The standard InChI is InChI=1S/C10H12Cl2N6/c11-8-9(15-10(12)17-16-8)14-3-1-2-5-18-6-4-13-7-18/h4,6-7H,1-3,5H2,(H,14,15,17). The van der Waals surface area contributed by atoms with Gasteiger partial charge in [-0.15, -0.1) is 10.2 Å². The molecule has 0 aliphatic rings. The fourth-order valence-electron chi connectivity index (χ4n) is 1.45. The summed E-state index contributed by atoms with van der Waals surface area (Å²) >= 11 is 11.5. The number of anilines is 1. The molecule has 0 fully saturated rings. The molecule has 0 radical (unpaired) electrons. The van der Waals surface area contributed by atoms with E-state index < -0.39 is 0 Å². The highest BCUT2D eigenvalue weighted by Crippen LogP contribution is 2.16.